The Hall–Kier alpha value is -1.54. The largest absolute Gasteiger partial charge is 0.468 e. The van der Waals surface area contributed by atoms with Gasteiger partial charge >= 0.3 is 0 Å². The van der Waals surface area contributed by atoms with Crippen molar-refractivity contribution in [2.75, 3.05) is 0 Å². The minimum absolute atomic E-state index is 0.0811. The maximum Gasteiger partial charge on any atom is 0.121 e. The van der Waals surface area contributed by atoms with Crippen LogP contribution >= 0.6 is 0 Å². The van der Waals surface area contributed by atoms with Crippen molar-refractivity contribution in [2.45, 2.75) is 18.9 Å². The number of hydrogen-bond donors (Lipinski definition) is 1. The Kier molecular flexibility index (Phi) is 2.88. The van der Waals surface area contributed by atoms with Crippen molar-refractivity contribution in [3.8, 4) is 0 Å². The van der Waals surface area contributed by atoms with Crippen molar-refractivity contribution in [3.63, 3.8) is 0 Å². The van der Waals surface area contributed by atoms with Gasteiger partial charge in [0.2, 0.25) is 0 Å². The van der Waals surface area contributed by atoms with E-state index in [0.717, 1.165) is 5.76 Å². The molecule has 1 aromatic carbocycles. The molecule has 0 radical (unpaired) electrons. The van der Waals surface area contributed by atoms with Gasteiger partial charge in [-0.05, 0) is 17.7 Å². The summed E-state index contributed by atoms with van der Waals surface area (Å²) in [6, 6.07) is 14.0. The predicted octanol–water partition coefficient (Wildman–Crippen LogP) is 3.08. The molecule has 15 heavy (non-hydrogen) atoms. The van der Waals surface area contributed by atoms with Crippen LogP contribution in [0.25, 0.3) is 0 Å². The van der Waals surface area contributed by atoms with E-state index in [0.29, 0.717) is 0 Å². The van der Waals surface area contributed by atoms with E-state index in [2.05, 4.69) is 19.1 Å². The van der Waals surface area contributed by atoms with Crippen LogP contribution in [-0.2, 0) is 0 Å². The lowest BCUT2D eigenvalue weighted by Crippen LogP contribution is -2.16. The molecule has 1 heterocycles. The molecule has 0 spiro atoms. The summed E-state index contributed by atoms with van der Waals surface area (Å²) in [4.78, 5) is 0. The molecule has 78 valence electrons. The summed E-state index contributed by atoms with van der Waals surface area (Å²) in [6.45, 7) is 2.11. The van der Waals surface area contributed by atoms with Crippen molar-refractivity contribution in [1.82, 2.24) is 0 Å². The molecular formula is C13H15NO. The van der Waals surface area contributed by atoms with Crippen LogP contribution in [0.4, 0.5) is 0 Å². The lowest BCUT2D eigenvalue weighted by molar-refractivity contribution is 0.435. The molecule has 0 saturated heterocycles. The third-order valence-corrected chi connectivity index (χ3v) is 2.74. The summed E-state index contributed by atoms with van der Waals surface area (Å²) < 4.78 is 5.31. The Labute approximate surface area is 89.7 Å². The van der Waals surface area contributed by atoms with Crippen LogP contribution in [0.15, 0.2) is 53.1 Å². The fourth-order valence-corrected chi connectivity index (χ4v) is 1.69. The molecule has 0 aliphatic heterocycles. The fraction of sp³-hybridized carbons (Fsp3) is 0.231. The molecule has 2 unspecified atom stereocenters. The number of rotatable bonds is 3. The molecule has 0 bridgehead atoms. The zero-order valence-electron chi connectivity index (χ0n) is 8.76. The molecule has 0 aliphatic rings. The van der Waals surface area contributed by atoms with Gasteiger partial charge in [-0.3, -0.25) is 0 Å². The Morgan fingerprint density at radius 1 is 1.07 bits per heavy atom. The number of benzene rings is 1. The van der Waals surface area contributed by atoms with E-state index in [-0.39, 0.29) is 12.0 Å². The lowest BCUT2D eigenvalue weighted by Gasteiger charge is -2.18. The number of furan rings is 1. The minimum atomic E-state index is -0.0811. The second-order valence-corrected chi connectivity index (χ2v) is 3.74. The summed E-state index contributed by atoms with van der Waals surface area (Å²) in [5, 5.41) is 0. The maximum atomic E-state index is 6.12. The average Bonchev–Trinajstić information content (AvgIpc) is 2.82. The van der Waals surface area contributed by atoms with Crippen LogP contribution in [0.3, 0.4) is 0 Å². The van der Waals surface area contributed by atoms with Gasteiger partial charge in [0.1, 0.15) is 5.76 Å². The van der Waals surface area contributed by atoms with Crippen LogP contribution in [0.1, 0.15) is 30.2 Å². The zero-order valence-corrected chi connectivity index (χ0v) is 8.76. The van der Waals surface area contributed by atoms with E-state index in [1.54, 1.807) is 6.26 Å². The van der Waals surface area contributed by atoms with E-state index in [1.807, 2.05) is 30.3 Å². The van der Waals surface area contributed by atoms with Crippen LogP contribution in [0.2, 0.25) is 0 Å². The fourth-order valence-electron chi connectivity index (χ4n) is 1.69. The molecule has 0 fully saturated rings. The quantitative estimate of drug-likeness (QED) is 0.828. The van der Waals surface area contributed by atoms with Crippen molar-refractivity contribution < 1.29 is 4.42 Å². The van der Waals surface area contributed by atoms with Gasteiger partial charge in [-0.2, -0.15) is 0 Å². The Balaban J connectivity index is 2.18. The van der Waals surface area contributed by atoms with E-state index in [4.69, 9.17) is 10.2 Å². The molecule has 2 N–H and O–H groups in total. The smallest absolute Gasteiger partial charge is 0.121 e. The van der Waals surface area contributed by atoms with Gasteiger partial charge in [-0.25, -0.2) is 0 Å². The molecule has 2 atom stereocenters. The summed E-state index contributed by atoms with van der Waals surface area (Å²) in [5.41, 5.74) is 7.36. The van der Waals surface area contributed by atoms with Gasteiger partial charge in [-0.1, -0.05) is 37.3 Å². The molecule has 0 amide bonds. The number of hydrogen-bond acceptors (Lipinski definition) is 2. The van der Waals surface area contributed by atoms with Crippen LogP contribution in [0, 0.1) is 0 Å². The van der Waals surface area contributed by atoms with Crippen LogP contribution < -0.4 is 5.73 Å². The standard InChI is InChI=1S/C13H15NO/c1-10(11-6-3-2-4-7-11)13(14)12-8-5-9-15-12/h2-10,13H,14H2,1H3. The van der Waals surface area contributed by atoms with E-state index < -0.39 is 0 Å². The topological polar surface area (TPSA) is 39.2 Å². The van der Waals surface area contributed by atoms with Gasteiger partial charge in [0.15, 0.2) is 0 Å². The Morgan fingerprint density at radius 2 is 1.80 bits per heavy atom. The first-order valence-corrected chi connectivity index (χ1v) is 5.13. The minimum Gasteiger partial charge on any atom is -0.468 e. The van der Waals surface area contributed by atoms with Gasteiger partial charge < -0.3 is 10.2 Å². The molecule has 2 nitrogen and oxygen atoms in total. The molecule has 0 aliphatic carbocycles. The summed E-state index contributed by atoms with van der Waals surface area (Å²) in [6.07, 6.45) is 1.66. The molecule has 0 saturated carbocycles. The van der Waals surface area contributed by atoms with E-state index in [1.165, 1.54) is 5.56 Å². The average molecular weight is 201 g/mol. The maximum absolute atomic E-state index is 6.12. The summed E-state index contributed by atoms with van der Waals surface area (Å²) in [5.74, 6) is 1.10. The van der Waals surface area contributed by atoms with E-state index >= 15 is 0 Å². The van der Waals surface area contributed by atoms with Gasteiger partial charge in [0.25, 0.3) is 0 Å². The van der Waals surface area contributed by atoms with Crippen molar-refractivity contribution in [2.24, 2.45) is 5.73 Å². The van der Waals surface area contributed by atoms with Gasteiger partial charge in [0.05, 0.1) is 12.3 Å². The second-order valence-electron chi connectivity index (χ2n) is 3.74. The normalized spacial score (nSPS) is 14.8. The first-order valence-electron chi connectivity index (χ1n) is 5.13. The Bertz CT molecular complexity index is 394. The van der Waals surface area contributed by atoms with Crippen LogP contribution in [-0.4, -0.2) is 0 Å². The van der Waals surface area contributed by atoms with Crippen LogP contribution in [0.5, 0.6) is 0 Å². The lowest BCUT2D eigenvalue weighted by atomic mass is 9.92. The highest BCUT2D eigenvalue weighted by atomic mass is 16.3. The highest BCUT2D eigenvalue weighted by Gasteiger charge is 2.18. The van der Waals surface area contributed by atoms with Gasteiger partial charge in [0, 0.05) is 5.92 Å². The summed E-state index contributed by atoms with van der Waals surface area (Å²) in [7, 11) is 0. The highest BCUT2D eigenvalue weighted by molar-refractivity contribution is 5.22. The van der Waals surface area contributed by atoms with Crippen molar-refractivity contribution >= 4 is 0 Å². The first-order chi connectivity index (χ1) is 7.29. The first kappa shape index (κ1) is 9.99. The van der Waals surface area contributed by atoms with E-state index in [9.17, 15) is 0 Å². The predicted molar refractivity (Wildman–Crippen MR) is 60.5 cm³/mol. The zero-order chi connectivity index (χ0) is 10.7. The Morgan fingerprint density at radius 3 is 2.40 bits per heavy atom. The molecule has 2 heteroatoms. The molecule has 1 aromatic heterocycles. The van der Waals surface area contributed by atoms with Crippen molar-refractivity contribution in [1.29, 1.82) is 0 Å². The molecular weight excluding hydrogens is 186 g/mol. The molecule has 2 rings (SSSR count). The van der Waals surface area contributed by atoms with Gasteiger partial charge in [-0.15, -0.1) is 0 Å². The van der Waals surface area contributed by atoms with Crippen molar-refractivity contribution in [3.05, 3.63) is 60.1 Å². The summed E-state index contributed by atoms with van der Waals surface area (Å²) >= 11 is 0. The third-order valence-electron chi connectivity index (χ3n) is 2.74. The molecule has 2 aromatic rings. The second kappa shape index (κ2) is 4.32. The third kappa shape index (κ3) is 2.10. The highest BCUT2D eigenvalue weighted by Crippen LogP contribution is 2.28. The monoisotopic (exact) mass is 201 g/mol. The SMILES string of the molecule is CC(c1ccccc1)C(N)c1ccco1. The number of nitrogens with two attached hydrogens (primary N) is 1.